The van der Waals surface area contributed by atoms with Gasteiger partial charge < -0.3 is 20.7 Å². The molecule has 0 saturated heterocycles. The second-order valence-electron chi connectivity index (χ2n) is 9.07. The maximum Gasteiger partial charge on any atom is 0.199 e. The maximum atomic E-state index is 6.12. The number of benzene rings is 1. The molecule has 31 heavy (non-hydrogen) atoms. The number of thiocarbonyl (C=S) groups is 1. The lowest BCUT2D eigenvalue weighted by Gasteiger charge is -2.32. The van der Waals surface area contributed by atoms with E-state index in [0.29, 0.717) is 16.9 Å². The average molecular weight is 465 g/mol. The van der Waals surface area contributed by atoms with Gasteiger partial charge in [0.05, 0.1) is 0 Å². The summed E-state index contributed by atoms with van der Waals surface area (Å²) in [5.74, 6) is 1.77. The van der Waals surface area contributed by atoms with Gasteiger partial charge in [-0.2, -0.15) is 4.99 Å². The summed E-state index contributed by atoms with van der Waals surface area (Å²) in [5.41, 5.74) is 7.21. The Hall–Kier alpha value is -1.57. The van der Waals surface area contributed by atoms with Crippen molar-refractivity contribution in [1.29, 1.82) is 0 Å². The number of anilines is 1. The Labute approximate surface area is 198 Å². The number of amidine groups is 1. The first-order valence-electron chi connectivity index (χ1n) is 10.4. The Balaban J connectivity index is 0.00000480. The molecule has 0 radical (unpaired) electrons. The van der Waals surface area contributed by atoms with Gasteiger partial charge in [-0.3, -0.25) is 0 Å². The molecule has 0 bridgehead atoms. The fraction of sp³-hybridized carbons (Fsp3) is 0.583. The molecule has 0 heterocycles. The highest BCUT2D eigenvalue weighted by Crippen LogP contribution is 2.34. The van der Waals surface area contributed by atoms with Crippen molar-refractivity contribution < 1.29 is 4.74 Å². The van der Waals surface area contributed by atoms with Crippen molar-refractivity contribution in [3.63, 3.8) is 0 Å². The summed E-state index contributed by atoms with van der Waals surface area (Å²) < 4.78 is 5.91. The van der Waals surface area contributed by atoms with E-state index >= 15 is 0 Å². The van der Waals surface area contributed by atoms with Crippen molar-refractivity contribution in [3.05, 3.63) is 36.4 Å². The smallest absolute Gasteiger partial charge is 0.199 e. The monoisotopic (exact) mass is 464 g/mol. The molecule has 0 saturated carbocycles. The number of nitrogens with zero attached hydrogens (tertiary/aromatic N) is 2. The van der Waals surface area contributed by atoms with Gasteiger partial charge >= 0.3 is 0 Å². The van der Waals surface area contributed by atoms with Gasteiger partial charge in [-0.25, -0.2) is 0 Å². The minimum atomic E-state index is -0.0352. The molecule has 2 rings (SSSR count). The molecule has 1 aromatic rings. The van der Waals surface area contributed by atoms with Gasteiger partial charge in [0, 0.05) is 17.0 Å². The zero-order valence-electron chi connectivity index (χ0n) is 18.9. The van der Waals surface area contributed by atoms with Gasteiger partial charge in [-0.15, -0.1) is 0 Å². The van der Waals surface area contributed by atoms with E-state index in [0.717, 1.165) is 23.6 Å². The van der Waals surface area contributed by atoms with Gasteiger partial charge in [0.15, 0.2) is 10.3 Å². The molecule has 174 valence electrons. The minimum absolute atomic E-state index is 0. The molecule has 1 aliphatic rings. The summed E-state index contributed by atoms with van der Waals surface area (Å²) in [6.07, 6.45) is 9.29. The normalized spacial score (nSPS) is 19.5. The topological polar surface area (TPSA) is 62.9 Å². The zero-order chi connectivity index (χ0) is 22.2. The standard InChI is InChI=1S/C23H36N4OS2.CH4/c1-22(2,27(4)5)16-28-19-12-10-18(11-13-19)25-21(29)26-20(24)30-17-23(3)14-8-6-7-9-15-23;/h6,8,10-13H,7,9,14-17H2,1-5H3,(H3,24,25,26,29);1H4. The molecule has 1 aromatic carbocycles. The molecule has 7 heteroatoms. The van der Waals surface area contributed by atoms with Crippen molar-refractivity contribution in [1.82, 2.24) is 4.90 Å². The van der Waals surface area contributed by atoms with Crippen LogP contribution in [0.3, 0.4) is 0 Å². The molecular formula is C24H40N4OS2. The van der Waals surface area contributed by atoms with Crippen LogP contribution in [0.25, 0.3) is 0 Å². The van der Waals surface area contributed by atoms with Gasteiger partial charge in [0.25, 0.3) is 0 Å². The first-order valence-corrected chi connectivity index (χ1v) is 11.8. The van der Waals surface area contributed by atoms with Crippen LogP contribution < -0.4 is 15.8 Å². The first kappa shape index (κ1) is 27.5. The van der Waals surface area contributed by atoms with E-state index < -0.39 is 0 Å². The van der Waals surface area contributed by atoms with Crippen LogP contribution in [0, 0.1) is 5.41 Å². The molecule has 5 nitrogen and oxygen atoms in total. The third kappa shape index (κ3) is 9.62. The highest BCUT2D eigenvalue weighted by atomic mass is 32.2. The number of hydrogen-bond acceptors (Lipinski definition) is 4. The third-order valence-electron chi connectivity index (χ3n) is 5.62. The molecule has 1 unspecified atom stereocenters. The van der Waals surface area contributed by atoms with Crippen LogP contribution in [0.5, 0.6) is 5.75 Å². The molecule has 0 spiro atoms. The Bertz CT molecular complexity index is 759. The van der Waals surface area contributed by atoms with Crippen LogP contribution in [0.1, 0.15) is 53.9 Å². The molecule has 1 atom stereocenters. The lowest BCUT2D eigenvalue weighted by Crippen LogP contribution is -2.43. The fourth-order valence-electron chi connectivity index (χ4n) is 2.92. The van der Waals surface area contributed by atoms with Crippen molar-refractivity contribution in [2.24, 2.45) is 16.1 Å². The lowest BCUT2D eigenvalue weighted by atomic mass is 9.85. The van der Waals surface area contributed by atoms with Crippen molar-refractivity contribution in [3.8, 4) is 5.75 Å². The SMILES string of the molecule is C.CN(C)C(C)(C)COc1ccc(NC(=S)/N=C(\N)SCC2(C)CC=CCCC2)cc1. The van der Waals surface area contributed by atoms with Crippen LogP contribution in [0.2, 0.25) is 0 Å². The lowest BCUT2D eigenvalue weighted by molar-refractivity contribution is 0.114. The van der Waals surface area contributed by atoms with Gasteiger partial charge in [-0.1, -0.05) is 38.3 Å². The second-order valence-corrected chi connectivity index (χ2v) is 10.4. The van der Waals surface area contributed by atoms with Gasteiger partial charge in [0.1, 0.15) is 12.4 Å². The Morgan fingerprint density at radius 2 is 1.97 bits per heavy atom. The van der Waals surface area contributed by atoms with Gasteiger partial charge in [0.2, 0.25) is 0 Å². The minimum Gasteiger partial charge on any atom is -0.492 e. The van der Waals surface area contributed by atoms with E-state index in [4.69, 9.17) is 22.7 Å². The largest absolute Gasteiger partial charge is 0.492 e. The predicted molar refractivity (Wildman–Crippen MR) is 142 cm³/mol. The summed E-state index contributed by atoms with van der Waals surface area (Å²) in [6.45, 7) is 7.23. The number of thioether (sulfide) groups is 1. The molecule has 3 N–H and O–H groups in total. The second kappa shape index (κ2) is 12.5. The van der Waals surface area contributed by atoms with Crippen LogP contribution >= 0.6 is 24.0 Å². The predicted octanol–water partition coefficient (Wildman–Crippen LogP) is 5.92. The quantitative estimate of drug-likeness (QED) is 0.226. The highest BCUT2D eigenvalue weighted by molar-refractivity contribution is 8.13. The van der Waals surface area contributed by atoms with E-state index in [1.54, 1.807) is 11.8 Å². The Morgan fingerprint density at radius 3 is 2.61 bits per heavy atom. The van der Waals surface area contributed by atoms with E-state index in [2.05, 4.69) is 62.2 Å². The molecule has 1 aliphatic carbocycles. The van der Waals surface area contributed by atoms with Crippen molar-refractivity contribution >= 4 is 39.9 Å². The van der Waals surface area contributed by atoms with Crippen molar-refractivity contribution in [2.75, 3.05) is 31.8 Å². The Morgan fingerprint density at radius 1 is 1.29 bits per heavy atom. The van der Waals surface area contributed by atoms with Gasteiger partial charge in [-0.05, 0) is 95.5 Å². The number of nitrogens with one attached hydrogen (secondary N) is 1. The van der Waals surface area contributed by atoms with E-state index in [1.165, 1.54) is 19.3 Å². The van der Waals surface area contributed by atoms with E-state index in [1.807, 2.05) is 24.3 Å². The van der Waals surface area contributed by atoms with E-state index in [9.17, 15) is 0 Å². The number of likely N-dealkylation sites (N-methyl/N-ethyl adjacent to an activating group) is 1. The third-order valence-corrected chi connectivity index (χ3v) is 7.04. The molecule has 0 fully saturated rings. The summed E-state index contributed by atoms with van der Waals surface area (Å²) >= 11 is 6.94. The zero-order valence-corrected chi connectivity index (χ0v) is 20.5. The fourth-order valence-corrected chi connectivity index (χ4v) is 4.11. The van der Waals surface area contributed by atoms with Crippen molar-refractivity contribution in [2.45, 2.75) is 59.4 Å². The first-order chi connectivity index (χ1) is 14.1. The number of rotatable bonds is 7. The van der Waals surface area contributed by atoms with Crippen LogP contribution in [0.4, 0.5) is 5.69 Å². The number of ether oxygens (including phenoxy) is 1. The average Bonchev–Trinajstić information content (AvgIpc) is 2.91. The Kier molecular flexibility index (Phi) is 11.0. The summed E-state index contributed by atoms with van der Waals surface area (Å²) in [7, 11) is 4.10. The molecule has 0 aliphatic heterocycles. The van der Waals surface area contributed by atoms with Crippen LogP contribution in [-0.4, -0.2) is 47.2 Å². The summed E-state index contributed by atoms with van der Waals surface area (Å²) in [5, 5.41) is 4.00. The number of aliphatic imine (C=N–C) groups is 1. The number of hydrogen-bond donors (Lipinski definition) is 2. The molecule has 0 amide bonds. The van der Waals surface area contributed by atoms with E-state index in [-0.39, 0.29) is 18.4 Å². The highest BCUT2D eigenvalue weighted by Gasteiger charge is 2.24. The van der Waals surface area contributed by atoms with Crippen LogP contribution in [0.15, 0.2) is 41.4 Å². The molecule has 0 aromatic heterocycles. The van der Waals surface area contributed by atoms with Crippen LogP contribution in [-0.2, 0) is 0 Å². The summed E-state index contributed by atoms with van der Waals surface area (Å²) in [4.78, 5) is 6.49. The number of nitrogens with two attached hydrogens (primary N) is 1. The molecular weight excluding hydrogens is 424 g/mol. The summed E-state index contributed by atoms with van der Waals surface area (Å²) in [6, 6.07) is 7.72. The maximum absolute atomic E-state index is 6.12. The number of allylic oxidation sites excluding steroid dienone is 2.